The van der Waals surface area contributed by atoms with Crippen LogP contribution in [0.4, 0.5) is 0 Å². The Morgan fingerprint density at radius 3 is 2.58 bits per heavy atom. The second-order valence-electron chi connectivity index (χ2n) is 10.5. The summed E-state index contributed by atoms with van der Waals surface area (Å²) in [6, 6.07) is 25.6. The summed E-state index contributed by atoms with van der Waals surface area (Å²) in [5.41, 5.74) is 3.79. The zero-order valence-corrected chi connectivity index (χ0v) is 24.7. The number of hydrogen-bond acceptors (Lipinski definition) is 5. The van der Waals surface area contributed by atoms with Gasteiger partial charge in [0.05, 0.1) is 22.7 Å². The monoisotopic (exact) mass is 577 g/mol. The molecule has 0 fully saturated rings. The van der Waals surface area contributed by atoms with E-state index in [1.165, 1.54) is 0 Å². The lowest BCUT2D eigenvalue weighted by Crippen LogP contribution is -2.18. The van der Waals surface area contributed by atoms with Crippen LogP contribution in [0, 0.1) is 5.92 Å². The van der Waals surface area contributed by atoms with Crippen LogP contribution in [0.2, 0.25) is 5.02 Å². The molecule has 2 atom stereocenters. The highest BCUT2D eigenvalue weighted by Crippen LogP contribution is 2.37. The summed E-state index contributed by atoms with van der Waals surface area (Å²) < 4.78 is 6.14. The van der Waals surface area contributed by atoms with Gasteiger partial charge in [0, 0.05) is 21.4 Å². The molecule has 0 spiro atoms. The Balaban J connectivity index is 1.52. The van der Waals surface area contributed by atoms with E-state index in [1.807, 2.05) is 73.7 Å². The summed E-state index contributed by atoms with van der Waals surface area (Å²) in [6.07, 6.45) is 2.14. The molecule has 5 nitrogen and oxygen atoms in total. The third-order valence-electron chi connectivity index (χ3n) is 7.02. The zero-order chi connectivity index (χ0) is 28.7. The number of ether oxygens (including phenoxy) is 1. The van der Waals surface area contributed by atoms with Gasteiger partial charge in [0.1, 0.15) is 12.4 Å². The molecule has 40 heavy (non-hydrogen) atoms. The number of pyridine rings is 1. The Morgan fingerprint density at radius 1 is 1.05 bits per heavy atom. The number of aryl methyl sites for hydroxylation is 1. The van der Waals surface area contributed by atoms with Gasteiger partial charge in [-0.25, -0.2) is 4.98 Å². The molecular weight excluding hydrogens is 542 g/mol. The van der Waals surface area contributed by atoms with Gasteiger partial charge in [0.15, 0.2) is 0 Å². The van der Waals surface area contributed by atoms with Gasteiger partial charge >= 0.3 is 5.97 Å². The van der Waals surface area contributed by atoms with Crippen molar-refractivity contribution in [3.63, 3.8) is 0 Å². The third-order valence-corrected chi connectivity index (χ3v) is 8.76. The molecule has 0 saturated heterocycles. The molecule has 3 aromatic carbocycles. The van der Waals surface area contributed by atoms with Gasteiger partial charge in [-0.2, -0.15) is 11.8 Å². The van der Waals surface area contributed by atoms with Crippen molar-refractivity contribution < 1.29 is 19.7 Å². The van der Waals surface area contributed by atoms with Crippen LogP contribution in [-0.2, 0) is 23.4 Å². The molecule has 0 saturated carbocycles. The molecule has 7 heteroatoms. The van der Waals surface area contributed by atoms with E-state index >= 15 is 0 Å². The summed E-state index contributed by atoms with van der Waals surface area (Å²) >= 11 is 7.81. The summed E-state index contributed by atoms with van der Waals surface area (Å²) in [5.74, 6) is 0.0990. The quantitative estimate of drug-likeness (QED) is 0.167. The SMILES string of the molecule is CCC(CSC(CCc1ccccc1C(C)(C)O)c1cccc(OCc2ccc3ccc(Cl)cc3n2)c1)C(=O)O. The molecule has 0 amide bonds. The lowest BCUT2D eigenvalue weighted by atomic mass is 9.90. The fraction of sp³-hybridized carbons (Fsp3) is 0.333. The number of rotatable bonds is 13. The summed E-state index contributed by atoms with van der Waals surface area (Å²) in [6.45, 7) is 5.84. The molecule has 0 aliphatic heterocycles. The van der Waals surface area contributed by atoms with Gasteiger partial charge in [-0.05, 0) is 80.1 Å². The topological polar surface area (TPSA) is 79.7 Å². The minimum Gasteiger partial charge on any atom is -0.487 e. The van der Waals surface area contributed by atoms with Gasteiger partial charge in [0.25, 0.3) is 0 Å². The van der Waals surface area contributed by atoms with Crippen LogP contribution >= 0.6 is 23.4 Å². The van der Waals surface area contributed by atoms with E-state index in [-0.39, 0.29) is 5.25 Å². The summed E-state index contributed by atoms with van der Waals surface area (Å²) in [7, 11) is 0. The molecular formula is C33H36ClNO4S. The lowest BCUT2D eigenvalue weighted by Gasteiger charge is -2.24. The number of aliphatic carboxylic acids is 1. The number of fused-ring (bicyclic) bond motifs is 1. The number of nitrogens with zero attached hydrogens (tertiary/aromatic N) is 1. The van der Waals surface area contributed by atoms with Crippen molar-refractivity contribution in [3.8, 4) is 5.75 Å². The maximum absolute atomic E-state index is 11.7. The standard InChI is InChI=1S/C33H36ClNO4S/c1-4-22(32(36)37)21-40-31(17-14-23-8-5-6-11-29(23)33(2,3)38)25-9-7-10-28(18-25)39-20-27-16-13-24-12-15-26(34)19-30(24)35-27/h5-13,15-16,18-19,22,31,38H,4,14,17,20-21H2,1-3H3,(H,36,37). The van der Waals surface area contributed by atoms with E-state index in [9.17, 15) is 15.0 Å². The van der Waals surface area contributed by atoms with Crippen molar-refractivity contribution in [2.75, 3.05) is 5.75 Å². The van der Waals surface area contributed by atoms with Crippen LogP contribution in [0.5, 0.6) is 5.75 Å². The first-order chi connectivity index (χ1) is 19.1. The number of carbonyl (C=O) groups is 1. The van der Waals surface area contributed by atoms with E-state index in [4.69, 9.17) is 16.3 Å². The Kier molecular flexibility index (Phi) is 10.1. The number of carboxylic acids is 1. The van der Waals surface area contributed by atoms with Crippen LogP contribution in [-0.4, -0.2) is 26.9 Å². The van der Waals surface area contributed by atoms with Gasteiger partial charge < -0.3 is 14.9 Å². The van der Waals surface area contributed by atoms with Gasteiger partial charge in [-0.15, -0.1) is 0 Å². The van der Waals surface area contributed by atoms with E-state index in [0.29, 0.717) is 23.8 Å². The first kappa shape index (κ1) is 29.9. The zero-order valence-electron chi connectivity index (χ0n) is 23.1. The average molecular weight is 578 g/mol. The highest BCUT2D eigenvalue weighted by atomic mass is 35.5. The van der Waals surface area contributed by atoms with Crippen molar-refractivity contribution in [3.05, 3.63) is 106 Å². The van der Waals surface area contributed by atoms with Gasteiger partial charge in [-0.1, -0.05) is 67.1 Å². The molecule has 0 bridgehead atoms. The van der Waals surface area contributed by atoms with Crippen LogP contribution in [0.25, 0.3) is 10.9 Å². The second kappa shape index (κ2) is 13.5. The Labute approximate surface area is 245 Å². The molecule has 2 N–H and O–H groups in total. The molecule has 4 rings (SSSR count). The van der Waals surface area contributed by atoms with Crippen LogP contribution in [0.1, 0.15) is 61.2 Å². The molecule has 0 radical (unpaired) electrons. The Hall–Kier alpha value is -3.06. The highest BCUT2D eigenvalue weighted by Gasteiger charge is 2.23. The van der Waals surface area contributed by atoms with Crippen molar-refractivity contribution in [2.24, 2.45) is 5.92 Å². The number of benzene rings is 3. The third kappa shape index (κ3) is 8.00. The van der Waals surface area contributed by atoms with Crippen LogP contribution < -0.4 is 4.74 Å². The fourth-order valence-electron chi connectivity index (χ4n) is 4.74. The normalized spacial score (nSPS) is 13.2. The first-order valence-electron chi connectivity index (χ1n) is 13.6. The minimum atomic E-state index is -0.939. The van der Waals surface area contributed by atoms with Crippen LogP contribution in [0.3, 0.4) is 0 Å². The second-order valence-corrected chi connectivity index (χ2v) is 12.2. The predicted octanol–water partition coefficient (Wildman–Crippen LogP) is 8.21. The summed E-state index contributed by atoms with van der Waals surface area (Å²) in [5, 5.41) is 22.0. The van der Waals surface area contributed by atoms with Gasteiger partial charge in [-0.3, -0.25) is 4.79 Å². The van der Waals surface area contributed by atoms with E-state index in [0.717, 1.165) is 51.9 Å². The van der Waals surface area contributed by atoms with E-state index in [1.54, 1.807) is 25.6 Å². The van der Waals surface area contributed by atoms with Crippen molar-refractivity contribution in [1.29, 1.82) is 0 Å². The molecule has 4 aromatic rings. The van der Waals surface area contributed by atoms with Crippen molar-refractivity contribution >= 4 is 40.2 Å². The molecule has 2 unspecified atom stereocenters. The highest BCUT2D eigenvalue weighted by molar-refractivity contribution is 7.99. The molecule has 0 aliphatic carbocycles. The number of aromatic nitrogens is 1. The number of aliphatic hydroxyl groups is 1. The number of carboxylic acid groups (broad SMARTS) is 1. The maximum atomic E-state index is 11.7. The van der Waals surface area contributed by atoms with Crippen molar-refractivity contribution in [1.82, 2.24) is 4.98 Å². The van der Waals surface area contributed by atoms with Crippen molar-refractivity contribution in [2.45, 2.75) is 57.5 Å². The van der Waals surface area contributed by atoms with Crippen LogP contribution in [0.15, 0.2) is 78.9 Å². The maximum Gasteiger partial charge on any atom is 0.307 e. The van der Waals surface area contributed by atoms with Gasteiger partial charge in [0.2, 0.25) is 0 Å². The van der Waals surface area contributed by atoms with E-state index in [2.05, 4.69) is 17.1 Å². The number of hydrogen-bond donors (Lipinski definition) is 2. The first-order valence-corrected chi connectivity index (χ1v) is 15.0. The average Bonchev–Trinajstić information content (AvgIpc) is 2.93. The largest absolute Gasteiger partial charge is 0.487 e. The Morgan fingerprint density at radius 2 is 1.82 bits per heavy atom. The number of halogens is 1. The molecule has 0 aliphatic rings. The molecule has 1 heterocycles. The number of thioether (sulfide) groups is 1. The fourth-order valence-corrected chi connectivity index (χ4v) is 6.37. The predicted molar refractivity (Wildman–Crippen MR) is 164 cm³/mol. The smallest absolute Gasteiger partial charge is 0.307 e. The Bertz CT molecular complexity index is 1450. The molecule has 1 aromatic heterocycles. The minimum absolute atomic E-state index is 0.0627. The lowest BCUT2D eigenvalue weighted by molar-refractivity contribution is -0.140. The summed E-state index contributed by atoms with van der Waals surface area (Å²) in [4.78, 5) is 16.4. The van der Waals surface area contributed by atoms with E-state index < -0.39 is 17.5 Å². The molecule has 210 valence electrons.